The van der Waals surface area contributed by atoms with Crippen molar-refractivity contribution in [2.45, 2.75) is 9.79 Å². The summed E-state index contributed by atoms with van der Waals surface area (Å²) in [5.41, 5.74) is 2.87. The molecule has 5 aromatic rings. The quantitative estimate of drug-likeness (QED) is 0.272. The zero-order valence-electron chi connectivity index (χ0n) is 17.9. The fourth-order valence-electron chi connectivity index (χ4n) is 3.33. The molecule has 1 amide bonds. The number of benzene rings is 2. The molecule has 0 aliphatic rings. The number of carbonyl (C=O) groups excluding carboxylic acids is 1. The first kappa shape index (κ1) is 22.7. The normalized spacial score (nSPS) is 11.3. The van der Waals surface area contributed by atoms with Gasteiger partial charge in [0.1, 0.15) is 0 Å². The number of nitrogens with one attached hydrogen (secondary N) is 2. The predicted molar refractivity (Wildman–Crippen MR) is 135 cm³/mol. The van der Waals surface area contributed by atoms with Crippen LogP contribution in [0.25, 0.3) is 23.1 Å². The lowest BCUT2D eigenvalue weighted by atomic mass is 10.2. The van der Waals surface area contributed by atoms with E-state index in [0.29, 0.717) is 10.5 Å². The van der Waals surface area contributed by atoms with E-state index in [1.807, 2.05) is 60.7 Å². The lowest BCUT2D eigenvalue weighted by Gasteiger charge is -2.10. The van der Waals surface area contributed by atoms with Crippen LogP contribution in [0.1, 0.15) is 21.7 Å². The second-order valence-electron chi connectivity index (χ2n) is 7.29. The number of nitrogens with zero attached hydrogens (tertiary/aromatic N) is 4. The smallest absolute Gasteiger partial charge is 0.258 e. The Morgan fingerprint density at radius 2 is 1.91 bits per heavy atom. The Morgan fingerprint density at radius 3 is 2.77 bits per heavy atom. The summed E-state index contributed by atoms with van der Waals surface area (Å²) >= 11 is 7.13. The molecule has 0 saturated carbocycles. The molecule has 2 aromatic carbocycles. The molecule has 7 nitrogen and oxygen atoms in total. The summed E-state index contributed by atoms with van der Waals surface area (Å²) in [6.07, 6.45) is 6.46. The first-order chi connectivity index (χ1) is 17.1. The molecule has 0 aliphatic carbocycles. The van der Waals surface area contributed by atoms with Crippen molar-refractivity contribution in [3.8, 4) is 0 Å². The number of aromatic amines is 1. The van der Waals surface area contributed by atoms with Gasteiger partial charge in [0, 0.05) is 21.4 Å². The van der Waals surface area contributed by atoms with E-state index >= 15 is 0 Å². The monoisotopic (exact) mass is 502 g/mol. The third-order valence-corrected chi connectivity index (χ3v) is 6.22. The number of fused-ring (bicyclic) bond motifs is 1. The van der Waals surface area contributed by atoms with E-state index in [-0.39, 0.29) is 11.1 Å². The van der Waals surface area contributed by atoms with Crippen LogP contribution >= 0.6 is 23.4 Å². The summed E-state index contributed by atoms with van der Waals surface area (Å²) in [5.74, 6) is -1.56. The summed E-state index contributed by atoms with van der Waals surface area (Å²) in [6.45, 7) is 0. The fourth-order valence-corrected chi connectivity index (χ4v) is 4.45. The number of H-pyrrole nitrogens is 1. The number of aromatic nitrogens is 5. The van der Waals surface area contributed by atoms with Crippen LogP contribution in [0, 0.1) is 5.82 Å². The van der Waals surface area contributed by atoms with Crippen LogP contribution in [0.5, 0.6) is 0 Å². The van der Waals surface area contributed by atoms with Crippen LogP contribution in [-0.2, 0) is 0 Å². The molecule has 0 atom stereocenters. The molecule has 3 aromatic heterocycles. The molecule has 0 aliphatic heterocycles. The maximum absolute atomic E-state index is 14.0. The van der Waals surface area contributed by atoms with Gasteiger partial charge in [0.2, 0.25) is 5.28 Å². The molecule has 0 fully saturated rings. The van der Waals surface area contributed by atoms with E-state index in [4.69, 9.17) is 11.6 Å². The van der Waals surface area contributed by atoms with Crippen LogP contribution in [0.4, 0.5) is 10.2 Å². The molecular weight excluding hydrogens is 487 g/mol. The van der Waals surface area contributed by atoms with E-state index in [0.717, 1.165) is 33.4 Å². The molecule has 0 spiro atoms. The van der Waals surface area contributed by atoms with Crippen LogP contribution < -0.4 is 5.32 Å². The molecule has 35 heavy (non-hydrogen) atoms. The fraction of sp³-hybridized carbons (Fsp3) is 0. The van der Waals surface area contributed by atoms with Crippen molar-refractivity contribution >= 4 is 58.1 Å². The summed E-state index contributed by atoms with van der Waals surface area (Å²) in [6, 6.07) is 18.7. The molecule has 0 bridgehead atoms. The lowest BCUT2D eigenvalue weighted by Crippen LogP contribution is -2.15. The van der Waals surface area contributed by atoms with Crippen LogP contribution in [0.3, 0.4) is 0 Å². The molecule has 3 heterocycles. The Kier molecular flexibility index (Phi) is 6.51. The van der Waals surface area contributed by atoms with Gasteiger partial charge in [-0.3, -0.25) is 14.9 Å². The molecule has 2 N–H and O–H groups in total. The highest BCUT2D eigenvalue weighted by Crippen LogP contribution is 2.33. The number of anilines is 1. The molecule has 0 unspecified atom stereocenters. The third kappa shape index (κ3) is 5.21. The summed E-state index contributed by atoms with van der Waals surface area (Å²) in [5, 5.41) is 10.7. The number of hydrogen-bond donors (Lipinski definition) is 2. The number of hydrogen-bond acceptors (Lipinski definition) is 6. The molecule has 10 heteroatoms. The van der Waals surface area contributed by atoms with E-state index in [1.54, 1.807) is 18.3 Å². The van der Waals surface area contributed by atoms with Crippen molar-refractivity contribution in [3.05, 3.63) is 101 Å². The minimum absolute atomic E-state index is 0.161. The number of halogens is 2. The number of rotatable bonds is 6. The molecular formula is C25H16ClFN6OS. The van der Waals surface area contributed by atoms with Gasteiger partial charge in [-0.1, -0.05) is 30.0 Å². The molecule has 5 rings (SSSR count). The van der Waals surface area contributed by atoms with Crippen molar-refractivity contribution in [2.75, 3.05) is 5.32 Å². The van der Waals surface area contributed by atoms with Crippen molar-refractivity contribution in [3.63, 3.8) is 0 Å². The Labute approximate surface area is 208 Å². The van der Waals surface area contributed by atoms with Gasteiger partial charge >= 0.3 is 0 Å². The maximum Gasteiger partial charge on any atom is 0.258 e. The van der Waals surface area contributed by atoms with E-state index in [1.165, 1.54) is 11.8 Å². The molecule has 172 valence electrons. The van der Waals surface area contributed by atoms with Crippen molar-refractivity contribution in [2.24, 2.45) is 0 Å². The van der Waals surface area contributed by atoms with Crippen molar-refractivity contribution < 1.29 is 9.18 Å². The average molecular weight is 503 g/mol. The van der Waals surface area contributed by atoms with Gasteiger partial charge in [0.25, 0.3) is 5.91 Å². The van der Waals surface area contributed by atoms with Gasteiger partial charge < -0.3 is 5.32 Å². The highest BCUT2D eigenvalue weighted by Gasteiger charge is 2.16. The Bertz CT molecular complexity index is 1560. The largest absolute Gasteiger partial charge is 0.304 e. The van der Waals surface area contributed by atoms with Crippen LogP contribution in [0.15, 0.2) is 82.8 Å². The lowest BCUT2D eigenvalue weighted by molar-refractivity contribution is 0.102. The summed E-state index contributed by atoms with van der Waals surface area (Å²) < 4.78 is 14.0. The maximum atomic E-state index is 14.0. The minimum atomic E-state index is -0.773. The van der Waals surface area contributed by atoms with E-state index < -0.39 is 11.7 Å². The van der Waals surface area contributed by atoms with Crippen molar-refractivity contribution in [1.29, 1.82) is 0 Å². The van der Waals surface area contributed by atoms with Gasteiger partial charge in [-0.2, -0.15) is 10.1 Å². The Balaban J connectivity index is 1.37. The SMILES string of the molecule is O=C(Nc1nc(Cl)ncc1F)c1ccccc1Sc1ccc2c(/C=C/c3ccccn3)n[nH]c2c1. The standard InChI is InChI=1S/C25H16ClFN6OS/c26-25-29-14-19(27)23(31-25)30-24(34)18-6-1-2-7-22(18)35-16-9-10-17-20(32-33-21(17)13-16)11-8-15-5-3-4-12-28-15/h1-14H,(H,32,33)(H,29,30,31,34)/b11-8+. The Hall–Kier alpha value is -4.08. The molecule has 0 saturated heterocycles. The van der Waals surface area contributed by atoms with Crippen LogP contribution in [0.2, 0.25) is 5.28 Å². The first-order valence-corrected chi connectivity index (χ1v) is 11.6. The molecule has 0 radical (unpaired) electrons. The number of carbonyl (C=O) groups is 1. The number of amides is 1. The highest BCUT2D eigenvalue weighted by atomic mass is 35.5. The highest BCUT2D eigenvalue weighted by molar-refractivity contribution is 7.99. The van der Waals surface area contributed by atoms with Gasteiger partial charge in [0.05, 0.1) is 28.7 Å². The summed E-state index contributed by atoms with van der Waals surface area (Å²) in [4.78, 5) is 26.0. The Morgan fingerprint density at radius 1 is 1.06 bits per heavy atom. The zero-order valence-corrected chi connectivity index (χ0v) is 19.5. The van der Waals surface area contributed by atoms with Gasteiger partial charge in [-0.25, -0.2) is 9.37 Å². The topological polar surface area (TPSA) is 96.5 Å². The van der Waals surface area contributed by atoms with Gasteiger partial charge in [-0.05, 0) is 66.2 Å². The van der Waals surface area contributed by atoms with Crippen molar-refractivity contribution in [1.82, 2.24) is 25.1 Å². The van der Waals surface area contributed by atoms with E-state index in [9.17, 15) is 9.18 Å². The predicted octanol–water partition coefficient (Wildman–Crippen LogP) is 6.11. The third-order valence-electron chi connectivity index (χ3n) is 4.97. The zero-order chi connectivity index (χ0) is 24.2. The second-order valence-corrected chi connectivity index (χ2v) is 8.75. The summed E-state index contributed by atoms with van der Waals surface area (Å²) in [7, 11) is 0. The second kappa shape index (κ2) is 10.0. The first-order valence-electron chi connectivity index (χ1n) is 10.4. The minimum Gasteiger partial charge on any atom is -0.304 e. The average Bonchev–Trinajstić information content (AvgIpc) is 3.28. The number of pyridine rings is 1. The van der Waals surface area contributed by atoms with Crippen LogP contribution in [-0.4, -0.2) is 31.1 Å². The van der Waals surface area contributed by atoms with E-state index in [2.05, 4.69) is 30.5 Å². The van der Waals surface area contributed by atoms with Gasteiger partial charge in [-0.15, -0.1) is 0 Å². The van der Waals surface area contributed by atoms with Gasteiger partial charge in [0.15, 0.2) is 11.6 Å².